The molecule has 0 saturated carbocycles. The number of esters is 1. The Kier molecular flexibility index (Phi) is 5.83. The molecule has 33 heavy (non-hydrogen) atoms. The molecule has 0 amide bonds. The average molecular weight is 460 g/mol. The van der Waals surface area contributed by atoms with Crippen LogP contribution in [0.2, 0.25) is 0 Å². The number of methoxy groups -OCH3 is 1. The van der Waals surface area contributed by atoms with Gasteiger partial charge in [-0.15, -0.1) is 0 Å². The number of aliphatic hydroxyl groups is 2. The molecule has 0 radical (unpaired) electrons. The molecular weight excluding hydrogens is 436 g/mol. The fraction of sp³-hybridized carbons (Fsp3) is 0.455. The van der Waals surface area contributed by atoms with Gasteiger partial charge in [0.1, 0.15) is 18.3 Å². The van der Waals surface area contributed by atoms with Crippen LogP contribution in [0.25, 0.3) is 0 Å². The van der Waals surface area contributed by atoms with Crippen molar-refractivity contribution >= 4 is 17.4 Å². The van der Waals surface area contributed by atoms with E-state index in [9.17, 15) is 29.9 Å². The van der Waals surface area contributed by atoms with Crippen molar-refractivity contribution in [2.45, 2.75) is 43.7 Å². The summed E-state index contributed by atoms with van der Waals surface area (Å²) in [4.78, 5) is 38.1. The van der Waals surface area contributed by atoms with Crippen molar-refractivity contribution in [2.75, 3.05) is 20.3 Å². The molecule has 176 valence electrons. The first-order valence-electron chi connectivity index (χ1n) is 10.3. The average Bonchev–Trinajstić information content (AvgIpc) is 3.30. The molecule has 5 atom stereocenters. The van der Waals surface area contributed by atoms with E-state index in [2.05, 4.69) is 5.32 Å². The number of hydrogen-bond donors (Lipinski definition) is 3. The van der Waals surface area contributed by atoms with Crippen molar-refractivity contribution in [3.8, 4) is 0 Å². The number of carbonyl (C=O) groups excluding carboxylic acids is 2. The minimum Gasteiger partial charge on any atom is -0.466 e. The van der Waals surface area contributed by atoms with E-state index < -0.39 is 46.5 Å². The number of rotatable bonds is 5. The number of fused-ring (bicyclic) bond motifs is 1. The molecule has 4 rings (SSSR count). The molecule has 11 nitrogen and oxygen atoms in total. The number of Topliss-reactive ketones (excluding diaryl/α,β-unsaturated/α-hetero) is 1. The lowest BCUT2D eigenvalue weighted by Gasteiger charge is -2.36. The second-order valence-electron chi connectivity index (χ2n) is 8.21. The van der Waals surface area contributed by atoms with Gasteiger partial charge < -0.3 is 29.7 Å². The first-order valence-corrected chi connectivity index (χ1v) is 10.3. The minimum absolute atomic E-state index is 0.0145. The molecule has 11 heteroatoms. The lowest BCUT2D eigenvalue weighted by atomic mass is 9.73. The second-order valence-corrected chi connectivity index (χ2v) is 8.21. The lowest BCUT2D eigenvalue weighted by molar-refractivity contribution is -0.385. The Morgan fingerprint density at radius 2 is 1.85 bits per heavy atom. The van der Waals surface area contributed by atoms with E-state index >= 15 is 0 Å². The third-order valence-corrected chi connectivity index (χ3v) is 6.40. The number of nitro benzene ring substituents is 1. The summed E-state index contributed by atoms with van der Waals surface area (Å²) in [5, 5.41) is 35.8. The summed E-state index contributed by atoms with van der Waals surface area (Å²) in [5.41, 5.74) is -1.41. The van der Waals surface area contributed by atoms with Gasteiger partial charge in [-0.2, -0.15) is 0 Å². The number of hydrogen-bond acceptors (Lipinski definition) is 10. The Morgan fingerprint density at radius 1 is 1.18 bits per heavy atom. The highest BCUT2D eigenvalue weighted by atomic mass is 16.6. The highest BCUT2D eigenvalue weighted by molar-refractivity contribution is 6.08. The van der Waals surface area contributed by atoms with Crippen molar-refractivity contribution in [3.05, 3.63) is 62.5 Å². The summed E-state index contributed by atoms with van der Waals surface area (Å²) in [6.45, 7) is 2.72. The number of ether oxygens (including phenoxy) is 3. The van der Waals surface area contributed by atoms with Gasteiger partial charge in [-0.1, -0.05) is 18.2 Å². The third-order valence-electron chi connectivity index (χ3n) is 6.40. The molecule has 3 N–H and O–H groups in total. The van der Waals surface area contributed by atoms with Crippen LogP contribution in [0.3, 0.4) is 0 Å². The predicted octanol–water partition coefficient (Wildman–Crippen LogP) is 0.461. The number of ketones is 1. The van der Waals surface area contributed by atoms with Crippen LogP contribution < -0.4 is 5.32 Å². The lowest BCUT2D eigenvalue weighted by Crippen LogP contribution is -2.55. The molecule has 1 aromatic rings. The number of nitrogens with zero attached hydrogens (tertiary/aromatic N) is 1. The van der Waals surface area contributed by atoms with Gasteiger partial charge in [-0.25, -0.2) is 4.79 Å². The fourth-order valence-electron chi connectivity index (χ4n) is 4.96. The highest BCUT2D eigenvalue weighted by Gasteiger charge is 2.65. The Balaban J connectivity index is 1.95. The van der Waals surface area contributed by atoms with Gasteiger partial charge in [0.15, 0.2) is 11.4 Å². The summed E-state index contributed by atoms with van der Waals surface area (Å²) in [6.07, 6.45) is -3.65. The molecule has 0 spiro atoms. The Morgan fingerprint density at radius 3 is 2.52 bits per heavy atom. The maximum atomic E-state index is 14.1. The van der Waals surface area contributed by atoms with Gasteiger partial charge >= 0.3 is 5.97 Å². The highest BCUT2D eigenvalue weighted by Crippen LogP contribution is 2.47. The molecule has 1 unspecified atom stereocenters. The van der Waals surface area contributed by atoms with Crippen LogP contribution >= 0.6 is 0 Å². The van der Waals surface area contributed by atoms with Crippen LogP contribution in [0.1, 0.15) is 25.3 Å². The normalized spacial score (nSPS) is 31.3. The zero-order valence-corrected chi connectivity index (χ0v) is 18.2. The van der Waals surface area contributed by atoms with E-state index in [1.807, 2.05) is 0 Å². The first-order chi connectivity index (χ1) is 15.6. The Hall–Kier alpha value is -3.12. The number of benzene rings is 1. The molecule has 3 aliphatic heterocycles. The van der Waals surface area contributed by atoms with Crippen LogP contribution in [0.5, 0.6) is 0 Å². The number of allylic oxidation sites excluding steroid dienone is 2. The molecule has 3 heterocycles. The summed E-state index contributed by atoms with van der Waals surface area (Å²) >= 11 is 0. The fourth-order valence-corrected chi connectivity index (χ4v) is 4.96. The number of aliphatic hydroxyl groups excluding tert-OH is 2. The van der Waals surface area contributed by atoms with Crippen molar-refractivity contribution in [1.29, 1.82) is 0 Å². The van der Waals surface area contributed by atoms with E-state index in [1.165, 1.54) is 25.3 Å². The molecule has 2 saturated heterocycles. The van der Waals surface area contributed by atoms with Gasteiger partial charge in [-0.3, -0.25) is 14.9 Å². The van der Waals surface area contributed by atoms with Crippen LogP contribution in [-0.2, 0) is 23.8 Å². The van der Waals surface area contributed by atoms with Crippen molar-refractivity contribution < 1.29 is 38.9 Å². The maximum Gasteiger partial charge on any atom is 0.336 e. The maximum absolute atomic E-state index is 14.1. The van der Waals surface area contributed by atoms with Crippen LogP contribution in [0.4, 0.5) is 5.69 Å². The third kappa shape index (κ3) is 3.35. The first kappa shape index (κ1) is 23.1. The van der Waals surface area contributed by atoms with Gasteiger partial charge in [0, 0.05) is 28.6 Å². The quantitative estimate of drug-likeness (QED) is 0.320. The standard InChI is InChI=1S/C22H24N2O9/c1-10-16(19(27)22-15(26)9-32-20(22)14(25)8-33-22)18(17(11(2)23-10)21(28)31-3)12-6-4-5-7-13(12)24(29)30/h4-7,14-15,18,20,23,25-26H,8-9H2,1-3H3/t14-,15+,18?,20-,22+/m1/s1. The summed E-state index contributed by atoms with van der Waals surface area (Å²) < 4.78 is 16.1. The van der Waals surface area contributed by atoms with Crippen molar-refractivity contribution in [3.63, 3.8) is 0 Å². The number of nitro groups is 1. The zero-order valence-electron chi connectivity index (χ0n) is 18.2. The Bertz CT molecular complexity index is 1100. The van der Waals surface area contributed by atoms with Crippen LogP contribution in [-0.4, -0.2) is 71.1 Å². The second kappa shape index (κ2) is 8.34. The molecule has 2 fully saturated rings. The van der Waals surface area contributed by atoms with E-state index in [0.717, 1.165) is 0 Å². The summed E-state index contributed by atoms with van der Waals surface area (Å²) in [6, 6.07) is 5.79. The summed E-state index contributed by atoms with van der Waals surface area (Å²) in [5.74, 6) is -2.68. The van der Waals surface area contributed by atoms with E-state index in [-0.39, 0.29) is 35.6 Å². The van der Waals surface area contributed by atoms with Gasteiger partial charge in [0.2, 0.25) is 0 Å². The molecule has 1 aromatic carbocycles. The molecule has 0 aromatic heterocycles. The SMILES string of the molecule is COC(=O)C1=C(C)NC(C)=C(C(=O)[C@]23OC[C@@H](O)[C@H]2OC[C@@H]3O)C1c1ccccc1[N+](=O)[O-]. The van der Waals surface area contributed by atoms with E-state index in [1.54, 1.807) is 19.9 Å². The van der Waals surface area contributed by atoms with Crippen LogP contribution in [0, 0.1) is 10.1 Å². The topological polar surface area (TPSA) is 157 Å². The number of para-hydroxylation sites is 1. The number of dihydropyridines is 1. The minimum atomic E-state index is -1.91. The molecule has 0 bridgehead atoms. The van der Waals surface area contributed by atoms with Gasteiger partial charge in [-0.05, 0) is 13.8 Å². The molecular formula is C22H24N2O9. The van der Waals surface area contributed by atoms with Crippen molar-refractivity contribution in [2.24, 2.45) is 0 Å². The van der Waals surface area contributed by atoms with Crippen molar-refractivity contribution in [1.82, 2.24) is 5.32 Å². The van der Waals surface area contributed by atoms with E-state index in [4.69, 9.17) is 14.2 Å². The molecule has 3 aliphatic rings. The zero-order chi connectivity index (χ0) is 24.1. The summed E-state index contributed by atoms with van der Waals surface area (Å²) in [7, 11) is 1.17. The van der Waals surface area contributed by atoms with Gasteiger partial charge in [0.25, 0.3) is 5.69 Å². The largest absolute Gasteiger partial charge is 0.466 e. The monoisotopic (exact) mass is 460 g/mol. The smallest absolute Gasteiger partial charge is 0.336 e. The van der Waals surface area contributed by atoms with Crippen LogP contribution in [0.15, 0.2) is 46.8 Å². The Labute approximate surface area is 188 Å². The van der Waals surface area contributed by atoms with E-state index in [0.29, 0.717) is 11.4 Å². The number of carbonyl (C=O) groups is 2. The molecule has 0 aliphatic carbocycles. The number of nitrogens with one attached hydrogen (secondary N) is 1. The van der Waals surface area contributed by atoms with Gasteiger partial charge in [0.05, 0.1) is 36.7 Å². The predicted molar refractivity (Wildman–Crippen MR) is 112 cm³/mol.